The third-order valence-electron chi connectivity index (χ3n) is 4.13. The maximum Gasteiger partial charge on any atom is 0.0352 e. The summed E-state index contributed by atoms with van der Waals surface area (Å²) in [6, 6.07) is 7.61. The van der Waals surface area contributed by atoms with Crippen molar-refractivity contribution in [1.82, 2.24) is 9.38 Å². The fourth-order valence-corrected chi connectivity index (χ4v) is 2.99. The summed E-state index contributed by atoms with van der Waals surface area (Å²) in [5.41, 5.74) is 6.62. The first-order valence-electron chi connectivity index (χ1n) is 6.76. The molecule has 109 valence electrons. The summed E-state index contributed by atoms with van der Waals surface area (Å²) < 4.78 is 8.12. The van der Waals surface area contributed by atoms with Gasteiger partial charge in [-0.2, -0.15) is 0 Å². The van der Waals surface area contributed by atoms with E-state index in [1.165, 1.54) is 11.1 Å². The van der Waals surface area contributed by atoms with Crippen LogP contribution < -0.4 is 0 Å². The average Bonchev–Trinajstić information content (AvgIpc) is 2.97. The molecule has 4 aromatic rings. The normalized spacial score (nSPS) is 11.4. The number of hydrogen-bond donors (Lipinski definition) is 0. The van der Waals surface area contributed by atoms with Gasteiger partial charge >= 0.3 is 0 Å². The van der Waals surface area contributed by atoms with Crippen molar-refractivity contribution in [3.05, 3.63) is 47.0 Å². The van der Waals surface area contributed by atoms with Gasteiger partial charge in [0.1, 0.15) is 0 Å². The number of benzene rings is 1. The van der Waals surface area contributed by atoms with Gasteiger partial charge in [0.05, 0.1) is 0 Å². The molecule has 0 saturated heterocycles. The van der Waals surface area contributed by atoms with Crippen LogP contribution in [-0.4, -0.2) is 9.38 Å². The van der Waals surface area contributed by atoms with Crippen LogP contribution in [0.2, 0.25) is 0 Å². The number of pyridine rings is 1. The Labute approximate surface area is 136 Å². The molecule has 21 heavy (non-hydrogen) atoms. The topological polar surface area (TPSA) is 30.4 Å². The van der Waals surface area contributed by atoms with Gasteiger partial charge in [0, 0.05) is 54.5 Å². The van der Waals surface area contributed by atoms with Gasteiger partial charge in [-0.3, -0.25) is 0 Å². The molecule has 0 aliphatic carbocycles. The van der Waals surface area contributed by atoms with E-state index in [1.807, 2.05) is 13.1 Å². The Kier molecular flexibility index (Phi) is 3.19. The molecule has 0 aliphatic rings. The number of aromatic nitrogens is 2. The van der Waals surface area contributed by atoms with Gasteiger partial charge in [-0.15, -0.1) is 11.5 Å². The molecule has 0 bridgehead atoms. The van der Waals surface area contributed by atoms with Crippen LogP contribution in [0, 0.1) is 33.8 Å². The molecule has 3 heterocycles. The van der Waals surface area contributed by atoms with Gasteiger partial charge in [-0.25, -0.2) is 0 Å². The zero-order chi connectivity index (χ0) is 14.0. The van der Waals surface area contributed by atoms with E-state index in [4.69, 9.17) is 4.42 Å². The van der Waals surface area contributed by atoms with Crippen LogP contribution in [0.15, 0.2) is 22.7 Å². The molecule has 0 unspecified atom stereocenters. The molecule has 0 N–H and O–H groups in total. The van der Waals surface area contributed by atoms with Crippen molar-refractivity contribution in [2.45, 2.75) is 27.7 Å². The van der Waals surface area contributed by atoms with Crippen molar-refractivity contribution >= 4 is 27.5 Å². The van der Waals surface area contributed by atoms with Crippen molar-refractivity contribution in [3.63, 3.8) is 0 Å². The zero-order valence-corrected chi connectivity index (χ0v) is 14.8. The summed E-state index contributed by atoms with van der Waals surface area (Å²) in [5, 5.41) is 2.13. The second-order valence-electron chi connectivity index (χ2n) is 5.45. The summed E-state index contributed by atoms with van der Waals surface area (Å²) in [6.07, 6.45) is 1.90. The maximum absolute atomic E-state index is 5.93. The predicted octanol–water partition coefficient (Wildman–Crippen LogP) is 4.27. The summed E-state index contributed by atoms with van der Waals surface area (Å²) in [6.45, 7) is 8.29. The molecular weight excluding hydrogens is 440 g/mol. The first-order valence-corrected chi connectivity index (χ1v) is 6.76. The Morgan fingerprint density at radius 2 is 1.90 bits per heavy atom. The molecule has 3 aromatic heterocycles. The minimum Gasteiger partial charge on any atom is -0.532 e. The minimum atomic E-state index is 0. The Morgan fingerprint density at radius 1 is 1.14 bits per heavy atom. The van der Waals surface area contributed by atoms with Crippen molar-refractivity contribution in [1.29, 1.82) is 0 Å². The summed E-state index contributed by atoms with van der Waals surface area (Å²) >= 11 is 0. The van der Waals surface area contributed by atoms with Gasteiger partial charge in [-0.05, 0) is 50.3 Å². The summed E-state index contributed by atoms with van der Waals surface area (Å²) in [4.78, 5) is 4.53. The van der Waals surface area contributed by atoms with E-state index >= 15 is 0 Å². The Bertz CT molecular complexity index is 995. The molecule has 0 fully saturated rings. The maximum atomic E-state index is 5.93. The number of rotatable bonds is 0. The van der Waals surface area contributed by atoms with Crippen LogP contribution in [0.1, 0.15) is 22.6 Å². The fourth-order valence-electron chi connectivity index (χ4n) is 2.99. The molecule has 1 radical (unpaired) electrons. The van der Waals surface area contributed by atoms with E-state index in [0.717, 1.165) is 39.0 Å². The molecule has 0 atom stereocenters. The van der Waals surface area contributed by atoms with Crippen LogP contribution in [0.3, 0.4) is 0 Å². The Morgan fingerprint density at radius 3 is 2.67 bits per heavy atom. The van der Waals surface area contributed by atoms with Crippen LogP contribution in [0.25, 0.3) is 27.5 Å². The van der Waals surface area contributed by atoms with Crippen molar-refractivity contribution in [3.8, 4) is 0 Å². The first kappa shape index (κ1) is 14.3. The van der Waals surface area contributed by atoms with E-state index in [-0.39, 0.29) is 20.1 Å². The second kappa shape index (κ2) is 4.69. The number of imidazole rings is 1. The van der Waals surface area contributed by atoms with Gasteiger partial charge in [0.2, 0.25) is 0 Å². The smallest absolute Gasteiger partial charge is 0.0352 e. The van der Waals surface area contributed by atoms with E-state index in [1.54, 1.807) is 0 Å². The molecule has 4 heteroatoms. The SMILES string of the molecule is Cc1[c-]c2c(o1)c1c(C)c(C)ccc1n1c(C)cnc21.[Ir]. The number of fused-ring (bicyclic) bond motifs is 6. The monoisotopic (exact) mass is 456 g/mol. The van der Waals surface area contributed by atoms with E-state index in [9.17, 15) is 0 Å². The molecule has 0 spiro atoms. The summed E-state index contributed by atoms with van der Waals surface area (Å²) in [5.74, 6) is 0.802. The van der Waals surface area contributed by atoms with Gasteiger partial charge in [0.25, 0.3) is 0 Å². The largest absolute Gasteiger partial charge is 0.532 e. The average molecular weight is 456 g/mol. The number of aryl methyl sites for hydroxylation is 4. The molecule has 0 amide bonds. The number of furan rings is 1. The standard InChI is InChI=1S/C17H15N2O.Ir/c1-9-5-6-14-15(12(9)4)16-13(7-11(3)20-16)17-18-8-10(2)19(14)17;/h5-6,8H,1-4H3;/q-1;. The first-order chi connectivity index (χ1) is 9.58. The molecule has 3 nitrogen and oxygen atoms in total. The fraction of sp³-hybridized carbons (Fsp3) is 0.235. The van der Waals surface area contributed by atoms with Crippen molar-refractivity contribution < 1.29 is 24.5 Å². The van der Waals surface area contributed by atoms with E-state index in [0.29, 0.717) is 0 Å². The quantitative estimate of drug-likeness (QED) is 0.371. The van der Waals surface area contributed by atoms with Crippen LogP contribution in [0.4, 0.5) is 0 Å². The summed E-state index contributed by atoms with van der Waals surface area (Å²) in [7, 11) is 0. The molecule has 4 rings (SSSR count). The van der Waals surface area contributed by atoms with E-state index in [2.05, 4.69) is 48.4 Å². The minimum absolute atomic E-state index is 0. The molecule has 0 aliphatic heterocycles. The van der Waals surface area contributed by atoms with E-state index < -0.39 is 0 Å². The predicted molar refractivity (Wildman–Crippen MR) is 80.3 cm³/mol. The van der Waals surface area contributed by atoms with Crippen LogP contribution >= 0.6 is 0 Å². The van der Waals surface area contributed by atoms with Gasteiger partial charge in [0.15, 0.2) is 0 Å². The number of nitrogens with zero attached hydrogens (tertiary/aromatic N) is 2. The van der Waals surface area contributed by atoms with Crippen LogP contribution in [-0.2, 0) is 20.1 Å². The zero-order valence-electron chi connectivity index (χ0n) is 12.4. The van der Waals surface area contributed by atoms with Gasteiger partial charge in [-0.1, -0.05) is 6.07 Å². The Balaban J connectivity index is 0.00000132. The Hall–Kier alpha value is -1.64. The molecular formula is C17H15IrN2O-. The van der Waals surface area contributed by atoms with Crippen LogP contribution in [0.5, 0.6) is 0 Å². The third-order valence-corrected chi connectivity index (χ3v) is 4.13. The third kappa shape index (κ3) is 1.79. The number of hydrogen-bond acceptors (Lipinski definition) is 2. The second-order valence-corrected chi connectivity index (χ2v) is 5.45. The van der Waals surface area contributed by atoms with Crippen molar-refractivity contribution in [2.75, 3.05) is 0 Å². The van der Waals surface area contributed by atoms with Crippen molar-refractivity contribution in [2.24, 2.45) is 0 Å². The van der Waals surface area contributed by atoms with Gasteiger partial charge < -0.3 is 13.8 Å². The molecule has 0 saturated carbocycles. The molecule has 1 aromatic carbocycles.